The van der Waals surface area contributed by atoms with Gasteiger partial charge in [0.2, 0.25) is 0 Å². The molecule has 1 aromatic carbocycles. The minimum Gasteiger partial charge on any atom is -0.504 e. The van der Waals surface area contributed by atoms with Gasteiger partial charge in [-0.05, 0) is 36.5 Å². The number of methoxy groups -OCH3 is 1. The minimum absolute atomic E-state index is 0.260. The van der Waals surface area contributed by atoms with Crippen LogP contribution >= 0.6 is 0 Å². The lowest BCUT2D eigenvalue weighted by Crippen LogP contribution is -2.47. The van der Waals surface area contributed by atoms with E-state index in [1.54, 1.807) is 7.11 Å². The molecule has 0 aromatic heterocycles. The van der Waals surface area contributed by atoms with Crippen molar-refractivity contribution in [1.82, 2.24) is 10.2 Å². The van der Waals surface area contributed by atoms with Crippen LogP contribution in [0.4, 0.5) is 0 Å². The van der Waals surface area contributed by atoms with Crippen LogP contribution in [0.2, 0.25) is 0 Å². The van der Waals surface area contributed by atoms with E-state index in [1.165, 1.54) is 37.7 Å². The number of piperazine rings is 1. The Hall–Kier alpha value is -1.26. The Morgan fingerprint density at radius 1 is 1.18 bits per heavy atom. The average Bonchev–Trinajstić information content (AvgIpc) is 2.57. The second kappa shape index (κ2) is 7.34. The van der Waals surface area contributed by atoms with E-state index >= 15 is 0 Å². The van der Waals surface area contributed by atoms with Gasteiger partial charge in [0.25, 0.3) is 0 Å². The molecule has 2 aliphatic rings. The van der Waals surface area contributed by atoms with Crippen molar-refractivity contribution in [2.24, 2.45) is 5.92 Å². The number of ether oxygens (including phenoxy) is 1. The maximum atomic E-state index is 10.2. The number of rotatable bonds is 4. The molecule has 1 heterocycles. The third-order valence-corrected chi connectivity index (χ3v) is 5.19. The molecule has 1 saturated heterocycles. The fourth-order valence-corrected chi connectivity index (χ4v) is 4.08. The third-order valence-electron chi connectivity index (χ3n) is 5.19. The molecule has 122 valence electrons. The maximum absolute atomic E-state index is 10.2. The molecule has 1 saturated carbocycles. The minimum atomic E-state index is 0.260. The molecule has 0 bridgehead atoms. The zero-order valence-electron chi connectivity index (χ0n) is 13.6. The fourth-order valence-electron chi connectivity index (χ4n) is 4.08. The first kappa shape index (κ1) is 15.6. The van der Waals surface area contributed by atoms with Crippen LogP contribution in [0, 0.1) is 5.92 Å². The number of benzene rings is 1. The summed E-state index contributed by atoms with van der Waals surface area (Å²) in [5.74, 6) is 1.53. The lowest BCUT2D eigenvalue weighted by molar-refractivity contribution is 0.103. The predicted octanol–water partition coefficient (Wildman–Crippen LogP) is 2.93. The quantitative estimate of drug-likeness (QED) is 0.898. The van der Waals surface area contributed by atoms with E-state index in [1.807, 2.05) is 12.1 Å². The smallest absolute Gasteiger partial charge is 0.160 e. The van der Waals surface area contributed by atoms with Crippen molar-refractivity contribution >= 4 is 0 Å². The standard InChI is InChI=1S/C18H28N2O2/c1-22-17-8-7-15(13-16(17)21)18(14-5-3-2-4-6-14)20-11-9-19-10-12-20/h7-8,13-14,18-19,21H,2-6,9-12H2,1H3/t18-/m0/s1. The van der Waals surface area contributed by atoms with Crippen molar-refractivity contribution in [3.63, 3.8) is 0 Å². The first-order valence-corrected chi connectivity index (χ1v) is 8.61. The van der Waals surface area contributed by atoms with Gasteiger partial charge < -0.3 is 15.2 Å². The van der Waals surface area contributed by atoms with Crippen LogP contribution in [-0.2, 0) is 0 Å². The molecule has 1 aliphatic carbocycles. The summed E-state index contributed by atoms with van der Waals surface area (Å²) in [6.07, 6.45) is 6.67. The van der Waals surface area contributed by atoms with Gasteiger partial charge in [0, 0.05) is 32.2 Å². The van der Waals surface area contributed by atoms with Crippen LogP contribution in [0.3, 0.4) is 0 Å². The van der Waals surface area contributed by atoms with Crippen LogP contribution < -0.4 is 10.1 Å². The van der Waals surface area contributed by atoms with Crippen molar-refractivity contribution in [3.8, 4) is 11.5 Å². The summed E-state index contributed by atoms with van der Waals surface area (Å²) < 4.78 is 5.20. The summed E-state index contributed by atoms with van der Waals surface area (Å²) in [5, 5.41) is 13.6. The van der Waals surface area contributed by atoms with Crippen molar-refractivity contribution < 1.29 is 9.84 Å². The summed E-state index contributed by atoms with van der Waals surface area (Å²) in [6.45, 7) is 4.30. The molecule has 0 unspecified atom stereocenters. The molecule has 1 atom stereocenters. The summed E-state index contributed by atoms with van der Waals surface area (Å²) in [4.78, 5) is 2.60. The monoisotopic (exact) mass is 304 g/mol. The van der Waals surface area contributed by atoms with Gasteiger partial charge in [-0.2, -0.15) is 0 Å². The zero-order chi connectivity index (χ0) is 15.4. The highest BCUT2D eigenvalue weighted by molar-refractivity contribution is 5.42. The Balaban J connectivity index is 1.87. The van der Waals surface area contributed by atoms with Gasteiger partial charge in [-0.25, -0.2) is 0 Å². The number of phenolic OH excluding ortho intramolecular Hbond substituents is 1. The molecule has 0 radical (unpaired) electrons. The number of nitrogens with one attached hydrogen (secondary N) is 1. The molecule has 3 rings (SSSR count). The summed E-state index contributed by atoms with van der Waals surface area (Å²) in [6, 6.07) is 6.39. The van der Waals surface area contributed by atoms with Gasteiger partial charge in [-0.15, -0.1) is 0 Å². The second-order valence-electron chi connectivity index (χ2n) is 6.56. The van der Waals surface area contributed by atoms with Crippen molar-refractivity contribution in [2.75, 3.05) is 33.3 Å². The number of phenols is 1. The highest BCUT2D eigenvalue weighted by atomic mass is 16.5. The van der Waals surface area contributed by atoms with Crippen LogP contribution in [0.5, 0.6) is 11.5 Å². The third kappa shape index (κ3) is 3.39. The maximum Gasteiger partial charge on any atom is 0.160 e. The van der Waals surface area contributed by atoms with Crippen LogP contribution in [0.15, 0.2) is 18.2 Å². The van der Waals surface area contributed by atoms with E-state index in [2.05, 4.69) is 16.3 Å². The molecule has 4 heteroatoms. The predicted molar refractivity (Wildman–Crippen MR) is 88.4 cm³/mol. The fraction of sp³-hybridized carbons (Fsp3) is 0.667. The first-order valence-electron chi connectivity index (χ1n) is 8.61. The molecule has 2 N–H and O–H groups in total. The average molecular weight is 304 g/mol. The Bertz CT molecular complexity index is 462. The van der Waals surface area contributed by atoms with E-state index < -0.39 is 0 Å². The van der Waals surface area contributed by atoms with Gasteiger partial charge in [0.05, 0.1) is 7.11 Å². The van der Waals surface area contributed by atoms with Gasteiger partial charge >= 0.3 is 0 Å². The number of aromatic hydroxyl groups is 1. The van der Waals surface area contributed by atoms with E-state index in [9.17, 15) is 5.11 Å². The lowest BCUT2D eigenvalue weighted by Gasteiger charge is -2.41. The van der Waals surface area contributed by atoms with Crippen LogP contribution in [-0.4, -0.2) is 43.3 Å². The number of hydrogen-bond donors (Lipinski definition) is 2. The number of nitrogens with zero attached hydrogens (tertiary/aromatic N) is 1. The van der Waals surface area contributed by atoms with E-state index in [-0.39, 0.29) is 5.75 Å². The zero-order valence-corrected chi connectivity index (χ0v) is 13.6. The lowest BCUT2D eigenvalue weighted by atomic mass is 9.80. The van der Waals surface area contributed by atoms with Gasteiger partial charge in [-0.1, -0.05) is 25.3 Å². The summed E-state index contributed by atoms with van der Waals surface area (Å²) in [5.41, 5.74) is 1.24. The molecule has 22 heavy (non-hydrogen) atoms. The molecule has 0 amide bonds. The highest BCUT2D eigenvalue weighted by Gasteiger charge is 2.31. The van der Waals surface area contributed by atoms with Crippen molar-refractivity contribution in [3.05, 3.63) is 23.8 Å². The van der Waals surface area contributed by atoms with Crippen LogP contribution in [0.25, 0.3) is 0 Å². The number of hydrogen-bond acceptors (Lipinski definition) is 4. The van der Waals surface area contributed by atoms with Crippen molar-refractivity contribution in [2.45, 2.75) is 38.1 Å². The molecule has 0 spiro atoms. The Morgan fingerprint density at radius 2 is 1.91 bits per heavy atom. The summed E-state index contributed by atoms with van der Waals surface area (Å²) >= 11 is 0. The first-order chi connectivity index (χ1) is 10.8. The van der Waals surface area contributed by atoms with E-state index in [0.29, 0.717) is 17.7 Å². The Kier molecular flexibility index (Phi) is 5.21. The van der Waals surface area contributed by atoms with Gasteiger partial charge in [-0.3, -0.25) is 4.90 Å². The van der Waals surface area contributed by atoms with Crippen molar-refractivity contribution in [1.29, 1.82) is 0 Å². The largest absolute Gasteiger partial charge is 0.504 e. The topological polar surface area (TPSA) is 44.7 Å². The van der Waals surface area contributed by atoms with E-state index in [0.717, 1.165) is 26.2 Å². The molecular formula is C18H28N2O2. The Morgan fingerprint density at radius 3 is 2.55 bits per heavy atom. The highest BCUT2D eigenvalue weighted by Crippen LogP contribution is 2.40. The molecule has 1 aromatic rings. The second-order valence-corrected chi connectivity index (χ2v) is 6.56. The van der Waals surface area contributed by atoms with E-state index in [4.69, 9.17) is 4.74 Å². The molecule has 4 nitrogen and oxygen atoms in total. The Labute approximate surface area is 133 Å². The van der Waals surface area contributed by atoms with Gasteiger partial charge in [0.1, 0.15) is 0 Å². The van der Waals surface area contributed by atoms with Gasteiger partial charge in [0.15, 0.2) is 11.5 Å². The molecular weight excluding hydrogens is 276 g/mol. The SMILES string of the molecule is COc1ccc([C@H](C2CCCCC2)N2CCNCC2)cc1O. The molecule has 1 aliphatic heterocycles. The van der Waals surface area contributed by atoms with Crippen LogP contribution in [0.1, 0.15) is 43.7 Å². The molecule has 2 fully saturated rings. The summed E-state index contributed by atoms with van der Waals surface area (Å²) in [7, 11) is 1.60. The normalized spacial score (nSPS) is 22.4.